The van der Waals surface area contributed by atoms with Gasteiger partial charge in [-0.3, -0.25) is 4.79 Å². The first-order chi connectivity index (χ1) is 28.3. The van der Waals surface area contributed by atoms with Gasteiger partial charge in [-0.25, -0.2) is 0 Å². The maximum atomic E-state index is 12.9. The third kappa shape index (κ3) is 30.0. The van der Waals surface area contributed by atoms with Crippen LogP contribution in [-0.2, 0) is 14.3 Å². The molecule has 0 radical (unpaired) electrons. The van der Waals surface area contributed by atoms with Gasteiger partial charge in [-0.05, 0) is 19.3 Å². The van der Waals surface area contributed by atoms with Crippen molar-refractivity contribution in [3.05, 3.63) is 12.2 Å². The molecule has 1 saturated heterocycles. The number of rotatable bonds is 42. The zero-order valence-corrected chi connectivity index (χ0v) is 37.8. The Balaban J connectivity index is 2.15. The molecule has 0 saturated carbocycles. The molecule has 0 spiro atoms. The molecule has 58 heavy (non-hydrogen) atoms. The Bertz CT molecular complexity index is 919. The van der Waals surface area contributed by atoms with E-state index in [1.165, 1.54) is 180 Å². The smallest absolute Gasteiger partial charge is 0.220 e. The molecule has 0 aromatic heterocycles. The number of carbonyl (C=O) groups excluding carboxylic acids is 1. The molecular weight excluding hydrogens is 731 g/mol. The Morgan fingerprint density at radius 1 is 0.569 bits per heavy atom. The average molecular weight is 826 g/mol. The van der Waals surface area contributed by atoms with E-state index in [-0.39, 0.29) is 12.5 Å². The maximum Gasteiger partial charge on any atom is 0.220 e. The van der Waals surface area contributed by atoms with Gasteiger partial charge in [0.05, 0.1) is 25.4 Å². The molecule has 1 fully saturated rings. The standard InChI is InChI=1S/C49H95NO8/c1-3-5-7-9-11-13-14-15-16-17-18-19-20-21-22-23-24-25-26-27-28-29-31-33-35-37-39-45(53)50-42(43(52)38-36-34-32-30-12-10-8-6-4-2)41-57-49-48(56)47(55)46(54)44(40-51)58-49/h36,38,42-44,46-49,51-52,54-56H,3-35,37,39-41H2,1-2H3,(H,50,53)/b38-36+. The first-order valence-electron chi connectivity index (χ1n) is 24.9. The summed E-state index contributed by atoms with van der Waals surface area (Å²) in [5.41, 5.74) is 0. The molecule has 1 heterocycles. The van der Waals surface area contributed by atoms with E-state index in [2.05, 4.69) is 19.2 Å². The molecule has 0 aliphatic carbocycles. The molecule has 9 nitrogen and oxygen atoms in total. The fraction of sp³-hybridized carbons (Fsp3) is 0.939. The highest BCUT2D eigenvalue weighted by atomic mass is 16.7. The number of nitrogens with one attached hydrogen (secondary N) is 1. The lowest BCUT2D eigenvalue weighted by atomic mass is 9.99. The fourth-order valence-electron chi connectivity index (χ4n) is 8.10. The Hall–Kier alpha value is -1.07. The van der Waals surface area contributed by atoms with Crippen molar-refractivity contribution < 1.29 is 39.8 Å². The zero-order valence-electron chi connectivity index (χ0n) is 37.8. The SMILES string of the molecule is CCCCCCCCC/C=C/C(O)C(COC1OC(CO)C(O)C(O)C1O)NC(=O)CCCCCCCCCCCCCCCCCCCCCCCCCCCC. The van der Waals surface area contributed by atoms with Crippen molar-refractivity contribution in [1.82, 2.24) is 5.32 Å². The summed E-state index contributed by atoms with van der Waals surface area (Å²) in [4.78, 5) is 12.9. The summed E-state index contributed by atoms with van der Waals surface area (Å²) >= 11 is 0. The van der Waals surface area contributed by atoms with E-state index in [0.717, 1.165) is 38.5 Å². The highest BCUT2D eigenvalue weighted by Gasteiger charge is 2.44. The van der Waals surface area contributed by atoms with Crippen LogP contribution in [0, 0.1) is 0 Å². The molecule has 0 aromatic carbocycles. The number of amides is 1. The quantitative estimate of drug-likeness (QED) is 0.0263. The van der Waals surface area contributed by atoms with Gasteiger partial charge in [-0.1, -0.05) is 225 Å². The van der Waals surface area contributed by atoms with E-state index in [9.17, 15) is 30.3 Å². The molecule has 344 valence electrons. The van der Waals surface area contributed by atoms with Crippen LogP contribution in [0.3, 0.4) is 0 Å². The first kappa shape index (κ1) is 54.9. The van der Waals surface area contributed by atoms with E-state index < -0.39 is 49.5 Å². The molecule has 9 heteroatoms. The van der Waals surface area contributed by atoms with E-state index in [1.807, 2.05) is 6.08 Å². The summed E-state index contributed by atoms with van der Waals surface area (Å²) in [6, 6.07) is -0.797. The summed E-state index contributed by atoms with van der Waals surface area (Å²) in [5, 5.41) is 54.1. The Labute approximate surface area is 356 Å². The number of ether oxygens (including phenoxy) is 2. The van der Waals surface area contributed by atoms with Gasteiger partial charge < -0.3 is 40.3 Å². The maximum absolute atomic E-state index is 12.9. The molecule has 1 aliphatic heterocycles. The lowest BCUT2D eigenvalue weighted by molar-refractivity contribution is -0.302. The van der Waals surface area contributed by atoms with Crippen molar-refractivity contribution in [3.63, 3.8) is 0 Å². The number of aliphatic hydroxyl groups is 5. The van der Waals surface area contributed by atoms with Crippen LogP contribution >= 0.6 is 0 Å². The fourth-order valence-corrected chi connectivity index (χ4v) is 8.10. The lowest BCUT2D eigenvalue weighted by Gasteiger charge is -2.40. The van der Waals surface area contributed by atoms with E-state index >= 15 is 0 Å². The summed E-state index contributed by atoms with van der Waals surface area (Å²) in [7, 11) is 0. The largest absolute Gasteiger partial charge is 0.394 e. The van der Waals surface area contributed by atoms with Crippen molar-refractivity contribution in [1.29, 1.82) is 0 Å². The topological polar surface area (TPSA) is 149 Å². The van der Waals surface area contributed by atoms with E-state index in [1.54, 1.807) is 6.08 Å². The van der Waals surface area contributed by atoms with Crippen LogP contribution in [0.4, 0.5) is 0 Å². The molecule has 0 aromatic rings. The van der Waals surface area contributed by atoms with Gasteiger partial charge in [0.2, 0.25) is 5.91 Å². The Morgan fingerprint density at radius 3 is 1.34 bits per heavy atom. The summed E-state index contributed by atoms with van der Waals surface area (Å²) < 4.78 is 11.2. The van der Waals surface area contributed by atoms with Crippen LogP contribution in [0.2, 0.25) is 0 Å². The van der Waals surface area contributed by atoms with Crippen LogP contribution in [0.1, 0.15) is 239 Å². The average Bonchev–Trinajstić information content (AvgIpc) is 3.22. The van der Waals surface area contributed by atoms with Crippen molar-refractivity contribution in [3.8, 4) is 0 Å². The van der Waals surface area contributed by atoms with Crippen molar-refractivity contribution in [2.75, 3.05) is 13.2 Å². The van der Waals surface area contributed by atoms with Crippen LogP contribution in [0.15, 0.2) is 12.2 Å². The molecule has 1 aliphatic rings. The van der Waals surface area contributed by atoms with Gasteiger partial charge in [-0.15, -0.1) is 0 Å². The molecule has 0 bridgehead atoms. The molecule has 7 atom stereocenters. The summed E-state index contributed by atoms with van der Waals surface area (Å²) in [6.07, 6.45) is 40.0. The van der Waals surface area contributed by atoms with Crippen LogP contribution in [-0.4, -0.2) is 87.5 Å². The van der Waals surface area contributed by atoms with Crippen molar-refractivity contribution in [2.24, 2.45) is 0 Å². The molecule has 6 N–H and O–H groups in total. The minimum absolute atomic E-state index is 0.175. The third-order valence-corrected chi connectivity index (χ3v) is 12.1. The van der Waals surface area contributed by atoms with Gasteiger partial charge >= 0.3 is 0 Å². The number of hydrogen-bond donors (Lipinski definition) is 6. The zero-order chi connectivity index (χ0) is 42.3. The Kier molecular flexibility index (Phi) is 37.9. The minimum atomic E-state index is -1.56. The van der Waals surface area contributed by atoms with Gasteiger partial charge in [0.25, 0.3) is 0 Å². The number of hydrogen-bond acceptors (Lipinski definition) is 8. The minimum Gasteiger partial charge on any atom is -0.394 e. The lowest BCUT2D eigenvalue weighted by Crippen LogP contribution is -2.60. The summed E-state index contributed by atoms with van der Waals surface area (Å²) in [6.45, 7) is 3.76. The van der Waals surface area contributed by atoms with Gasteiger partial charge in [0.15, 0.2) is 6.29 Å². The molecule has 1 rings (SSSR count). The van der Waals surface area contributed by atoms with Crippen LogP contribution in [0.25, 0.3) is 0 Å². The number of unbranched alkanes of at least 4 members (excludes halogenated alkanes) is 32. The number of aliphatic hydroxyl groups excluding tert-OH is 5. The van der Waals surface area contributed by atoms with Gasteiger partial charge in [-0.2, -0.15) is 0 Å². The second-order valence-electron chi connectivity index (χ2n) is 17.6. The van der Waals surface area contributed by atoms with Crippen LogP contribution in [0.5, 0.6) is 0 Å². The third-order valence-electron chi connectivity index (χ3n) is 12.1. The molecular formula is C49H95NO8. The van der Waals surface area contributed by atoms with Crippen molar-refractivity contribution in [2.45, 2.75) is 281 Å². The summed E-state index contributed by atoms with van der Waals surface area (Å²) in [5.74, 6) is -0.175. The predicted octanol–water partition coefficient (Wildman–Crippen LogP) is 10.9. The monoisotopic (exact) mass is 826 g/mol. The molecule has 1 amide bonds. The predicted molar refractivity (Wildman–Crippen MR) is 240 cm³/mol. The first-order valence-corrected chi connectivity index (χ1v) is 24.9. The highest BCUT2D eigenvalue weighted by Crippen LogP contribution is 2.23. The number of allylic oxidation sites excluding steroid dienone is 1. The second-order valence-corrected chi connectivity index (χ2v) is 17.6. The van der Waals surface area contributed by atoms with E-state index in [4.69, 9.17) is 9.47 Å². The normalized spacial score (nSPS) is 20.8. The molecule has 7 unspecified atom stereocenters. The van der Waals surface area contributed by atoms with Gasteiger partial charge in [0.1, 0.15) is 24.4 Å². The highest BCUT2D eigenvalue weighted by molar-refractivity contribution is 5.76. The van der Waals surface area contributed by atoms with E-state index in [0.29, 0.717) is 6.42 Å². The van der Waals surface area contributed by atoms with Gasteiger partial charge in [0, 0.05) is 6.42 Å². The van der Waals surface area contributed by atoms with Crippen LogP contribution < -0.4 is 5.32 Å². The second kappa shape index (κ2) is 40.0. The van der Waals surface area contributed by atoms with Crippen molar-refractivity contribution >= 4 is 5.91 Å². The number of carbonyl (C=O) groups is 1. The Morgan fingerprint density at radius 2 is 0.948 bits per heavy atom.